The molecule has 0 saturated heterocycles. The van der Waals surface area contributed by atoms with Crippen LogP contribution in [0.5, 0.6) is 0 Å². The molecule has 0 saturated carbocycles. The number of benzene rings is 1. The van der Waals surface area contributed by atoms with Crippen molar-refractivity contribution in [1.29, 1.82) is 5.26 Å². The summed E-state index contributed by atoms with van der Waals surface area (Å²) in [6, 6.07) is 6.86. The van der Waals surface area contributed by atoms with Crippen LogP contribution in [-0.2, 0) is 19.5 Å². The number of aromatic nitrogens is 5. The van der Waals surface area contributed by atoms with Crippen LogP contribution in [0.25, 0.3) is 11.4 Å². The van der Waals surface area contributed by atoms with E-state index in [0.717, 1.165) is 37.2 Å². The molecule has 2 aromatic heterocycles. The molecule has 130 valence electrons. The first-order valence-electron chi connectivity index (χ1n) is 8.40. The summed E-state index contributed by atoms with van der Waals surface area (Å²) in [6.07, 6.45) is 5.65. The SMILES string of the molecule is N#Cc1cc(CF)ccc1-c1ncnc(Nc2n[nH]c3c2CCCC3)n1. The zero-order chi connectivity index (χ0) is 17.9. The third-order valence-electron chi connectivity index (χ3n) is 4.46. The van der Waals surface area contributed by atoms with Crippen molar-refractivity contribution in [1.82, 2.24) is 25.1 Å². The highest BCUT2D eigenvalue weighted by Gasteiger charge is 2.18. The largest absolute Gasteiger partial charge is 0.307 e. The van der Waals surface area contributed by atoms with Crippen LogP contribution in [0, 0.1) is 11.3 Å². The van der Waals surface area contributed by atoms with E-state index in [-0.39, 0.29) is 0 Å². The number of nitrogens with zero attached hydrogens (tertiary/aromatic N) is 5. The van der Waals surface area contributed by atoms with Crippen molar-refractivity contribution in [2.24, 2.45) is 0 Å². The number of nitrogens with one attached hydrogen (secondary N) is 2. The van der Waals surface area contributed by atoms with Gasteiger partial charge < -0.3 is 5.32 Å². The van der Waals surface area contributed by atoms with E-state index in [4.69, 9.17) is 0 Å². The maximum absolute atomic E-state index is 12.8. The van der Waals surface area contributed by atoms with E-state index >= 15 is 0 Å². The van der Waals surface area contributed by atoms with E-state index < -0.39 is 6.67 Å². The summed E-state index contributed by atoms with van der Waals surface area (Å²) in [5.41, 5.74) is 3.64. The van der Waals surface area contributed by atoms with Crippen LogP contribution in [0.15, 0.2) is 24.5 Å². The number of anilines is 2. The van der Waals surface area contributed by atoms with E-state index in [0.29, 0.717) is 28.5 Å². The number of aryl methyl sites for hydroxylation is 1. The minimum atomic E-state index is -0.622. The molecule has 0 unspecified atom stereocenters. The lowest BCUT2D eigenvalue weighted by atomic mass is 9.98. The highest BCUT2D eigenvalue weighted by Crippen LogP contribution is 2.27. The standard InChI is InChI=1S/C18H16FN7/c19-8-11-5-6-13(12(7-11)9-20)16-21-10-22-18(23-16)24-17-14-3-1-2-4-15(14)25-26-17/h5-7,10H,1-4,8H2,(H2,21,22,23,24,25,26). The quantitative estimate of drug-likeness (QED) is 0.749. The molecule has 0 spiro atoms. The van der Waals surface area contributed by atoms with Gasteiger partial charge >= 0.3 is 0 Å². The normalized spacial score (nSPS) is 13.1. The molecule has 1 aliphatic rings. The van der Waals surface area contributed by atoms with Gasteiger partial charge in [-0.1, -0.05) is 6.07 Å². The van der Waals surface area contributed by atoms with Crippen LogP contribution in [0.3, 0.4) is 0 Å². The smallest absolute Gasteiger partial charge is 0.231 e. The Kier molecular flexibility index (Phi) is 4.27. The molecule has 3 aromatic rings. The molecule has 0 aliphatic heterocycles. The first-order valence-corrected chi connectivity index (χ1v) is 8.40. The molecule has 0 bridgehead atoms. The van der Waals surface area contributed by atoms with Gasteiger partial charge in [0.2, 0.25) is 5.95 Å². The van der Waals surface area contributed by atoms with Gasteiger partial charge in [-0.3, -0.25) is 5.10 Å². The highest BCUT2D eigenvalue weighted by molar-refractivity contribution is 5.66. The van der Waals surface area contributed by atoms with Crippen LogP contribution < -0.4 is 5.32 Å². The monoisotopic (exact) mass is 349 g/mol. The summed E-state index contributed by atoms with van der Waals surface area (Å²) in [4.78, 5) is 12.7. The molecule has 2 heterocycles. The molecule has 0 fully saturated rings. The van der Waals surface area contributed by atoms with Gasteiger partial charge in [0, 0.05) is 16.8 Å². The summed E-state index contributed by atoms with van der Waals surface area (Å²) < 4.78 is 12.8. The summed E-state index contributed by atoms with van der Waals surface area (Å²) in [6.45, 7) is -0.622. The molecular weight excluding hydrogens is 333 g/mol. The molecule has 2 N–H and O–H groups in total. The zero-order valence-corrected chi connectivity index (χ0v) is 14.0. The zero-order valence-electron chi connectivity index (χ0n) is 14.0. The van der Waals surface area contributed by atoms with Crippen LogP contribution in [0.1, 0.15) is 35.2 Å². The Morgan fingerprint density at radius 2 is 2.12 bits per heavy atom. The lowest BCUT2D eigenvalue weighted by Gasteiger charge is -2.11. The van der Waals surface area contributed by atoms with Gasteiger partial charge in [0.1, 0.15) is 13.0 Å². The van der Waals surface area contributed by atoms with Gasteiger partial charge in [0.15, 0.2) is 11.6 Å². The van der Waals surface area contributed by atoms with Gasteiger partial charge in [-0.15, -0.1) is 0 Å². The molecule has 26 heavy (non-hydrogen) atoms. The predicted octanol–water partition coefficient (Wildman–Crippen LogP) is 3.23. The van der Waals surface area contributed by atoms with Crippen LogP contribution in [0.2, 0.25) is 0 Å². The lowest BCUT2D eigenvalue weighted by molar-refractivity contribution is 0.485. The van der Waals surface area contributed by atoms with Crippen molar-refractivity contribution in [2.75, 3.05) is 5.32 Å². The second-order valence-electron chi connectivity index (χ2n) is 6.12. The second kappa shape index (κ2) is 6.88. The van der Waals surface area contributed by atoms with Gasteiger partial charge in [0.05, 0.1) is 11.6 Å². The summed E-state index contributed by atoms with van der Waals surface area (Å²) >= 11 is 0. The average Bonchev–Trinajstić information content (AvgIpc) is 3.10. The maximum atomic E-state index is 12.8. The van der Waals surface area contributed by atoms with Crippen molar-refractivity contribution in [2.45, 2.75) is 32.4 Å². The molecular formula is C18H16FN7. The molecule has 0 amide bonds. The van der Waals surface area contributed by atoms with E-state index in [9.17, 15) is 9.65 Å². The first kappa shape index (κ1) is 16.1. The molecule has 1 aromatic carbocycles. The topological polar surface area (TPSA) is 103 Å². The minimum Gasteiger partial charge on any atom is -0.307 e. The number of alkyl halides is 1. The van der Waals surface area contributed by atoms with E-state index in [1.807, 2.05) is 0 Å². The van der Waals surface area contributed by atoms with Crippen LogP contribution in [0.4, 0.5) is 16.2 Å². The predicted molar refractivity (Wildman–Crippen MR) is 93.3 cm³/mol. The summed E-state index contributed by atoms with van der Waals surface area (Å²) in [7, 11) is 0. The Balaban J connectivity index is 1.66. The Bertz CT molecular complexity index is 989. The maximum Gasteiger partial charge on any atom is 0.231 e. The van der Waals surface area contributed by atoms with Crippen molar-refractivity contribution in [3.63, 3.8) is 0 Å². The highest BCUT2D eigenvalue weighted by atomic mass is 19.1. The fourth-order valence-corrected chi connectivity index (χ4v) is 3.14. The Morgan fingerprint density at radius 3 is 2.96 bits per heavy atom. The van der Waals surface area contributed by atoms with Crippen molar-refractivity contribution >= 4 is 11.8 Å². The number of hydrogen-bond donors (Lipinski definition) is 2. The van der Waals surface area contributed by atoms with Crippen LogP contribution >= 0.6 is 0 Å². The Morgan fingerprint density at radius 1 is 1.23 bits per heavy atom. The van der Waals surface area contributed by atoms with Crippen molar-refractivity contribution < 1.29 is 4.39 Å². The van der Waals surface area contributed by atoms with Crippen molar-refractivity contribution in [3.05, 3.63) is 46.9 Å². The summed E-state index contributed by atoms with van der Waals surface area (Å²) in [5, 5.41) is 19.9. The second-order valence-corrected chi connectivity index (χ2v) is 6.12. The van der Waals surface area contributed by atoms with Gasteiger partial charge in [0.25, 0.3) is 0 Å². The molecule has 7 nitrogen and oxygen atoms in total. The van der Waals surface area contributed by atoms with E-state index in [1.54, 1.807) is 12.1 Å². The fourth-order valence-electron chi connectivity index (χ4n) is 3.14. The fraction of sp³-hybridized carbons (Fsp3) is 0.278. The first-order chi connectivity index (χ1) is 12.8. The molecule has 1 aliphatic carbocycles. The number of hydrogen-bond acceptors (Lipinski definition) is 6. The lowest BCUT2D eigenvalue weighted by Crippen LogP contribution is -2.05. The minimum absolute atomic E-state index is 0.328. The number of fused-ring (bicyclic) bond motifs is 1. The molecule has 0 radical (unpaired) electrons. The third-order valence-corrected chi connectivity index (χ3v) is 4.46. The van der Waals surface area contributed by atoms with Gasteiger partial charge in [-0.25, -0.2) is 14.4 Å². The average molecular weight is 349 g/mol. The van der Waals surface area contributed by atoms with E-state index in [2.05, 4.69) is 36.5 Å². The Labute approximate surface area is 149 Å². The number of aromatic amines is 1. The van der Waals surface area contributed by atoms with Crippen molar-refractivity contribution in [3.8, 4) is 17.5 Å². The summed E-state index contributed by atoms with van der Waals surface area (Å²) in [5.74, 6) is 1.44. The number of H-pyrrole nitrogens is 1. The van der Waals surface area contributed by atoms with Gasteiger partial charge in [-0.2, -0.15) is 15.3 Å². The van der Waals surface area contributed by atoms with Crippen LogP contribution in [-0.4, -0.2) is 25.1 Å². The number of halogens is 1. The molecule has 0 atom stereocenters. The van der Waals surface area contributed by atoms with Gasteiger partial charge in [-0.05, 0) is 43.4 Å². The molecule has 8 heteroatoms. The number of nitriles is 1. The molecule has 4 rings (SSSR count). The Hall–Kier alpha value is -3.34. The third kappa shape index (κ3) is 2.99. The number of rotatable bonds is 4. The van der Waals surface area contributed by atoms with E-state index in [1.165, 1.54) is 18.0 Å².